The smallest absolute Gasteiger partial charge is 0.407 e. The summed E-state index contributed by atoms with van der Waals surface area (Å²) in [6.45, 7) is 12.6. The van der Waals surface area contributed by atoms with Gasteiger partial charge in [-0.1, -0.05) is 13.8 Å². The van der Waals surface area contributed by atoms with Gasteiger partial charge in [-0.2, -0.15) is 0 Å². The molecule has 0 rings (SSSR count). The highest BCUT2D eigenvalue weighted by Crippen LogP contribution is 2.06. The monoisotopic (exact) mass is 244 g/mol. The van der Waals surface area contributed by atoms with Crippen LogP contribution in [-0.4, -0.2) is 30.3 Å². The van der Waals surface area contributed by atoms with Crippen LogP contribution in [0.2, 0.25) is 0 Å². The summed E-state index contributed by atoms with van der Waals surface area (Å²) in [6, 6.07) is 0.600. The lowest BCUT2D eigenvalue weighted by Gasteiger charge is -2.23. The summed E-state index contributed by atoms with van der Waals surface area (Å²) in [5.41, 5.74) is -0.438. The molecule has 17 heavy (non-hydrogen) atoms. The van der Waals surface area contributed by atoms with Gasteiger partial charge in [0.15, 0.2) is 0 Å². The van der Waals surface area contributed by atoms with Gasteiger partial charge in [0.25, 0.3) is 0 Å². The Hall–Kier alpha value is -0.770. The second-order valence-corrected chi connectivity index (χ2v) is 5.47. The van der Waals surface area contributed by atoms with Crippen LogP contribution < -0.4 is 10.6 Å². The molecular weight excluding hydrogens is 216 g/mol. The number of ether oxygens (including phenoxy) is 1. The molecule has 0 aliphatic carbocycles. The quantitative estimate of drug-likeness (QED) is 0.755. The van der Waals surface area contributed by atoms with Crippen LogP contribution in [0.15, 0.2) is 0 Å². The van der Waals surface area contributed by atoms with Gasteiger partial charge >= 0.3 is 6.09 Å². The fourth-order valence-electron chi connectivity index (χ4n) is 1.48. The Kier molecular flexibility index (Phi) is 7.19. The van der Waals surface area contributed by atoms with Crippen LogP contribution in [0.4, 0.5) is 4.79 Å². The van der Waals surface area contributed by atoms with Crippen molar-refractivity contribution >= 4 is 6.09 Å². The predicted octanol–water partition coefficient (Wildman–Crippen LogP) is 2.68. The third-order valence-electron chi connectivity index (χ3n) is 2.46. The molecule has 0 fully saturated rings. The van der Waals surface area contributed by atoms with Crippen molar-refractivity contribution in [1.29, 1.82) is 0 Å². The minimum atomic E-state index is -0.438. The van der Waals surface area contributed by atoms with Crippen molar-refractivity contribution in [3.8, 4) is 0 Å². The molecule has 1 unspecified atom stereocenters. The zero-order valence-corrected chi connectivity index (χ0v) is 12.1. The summed E-state index contributed by atoms with van der Waals surface area (Å²) < 4.78 is 5.19. The zero-order chi connectivity index (χ0) is 13.5. The molecule has 0 saturated heterocycles. The molecule has 0 aliphatic heterocycles. The topological polar surface area (TPSA) is 50.4 Å². The van der Waals surface area contributed by atoms with Gasteiger partial charge in [0.1, 0.15) is 5.60 Å². The normalized spacial score (nSPS) is 13.6. The molecule has 0 aliphatic rings. The van der Waals surface area contributed by atoms with Gasteiger partial charge in [-0.15, -0.1) is 0 Å². The number of rotatable bonds is 6. The number of hydrogen-bond acceptors (Lipinski definition) is 3. The molecule has 102 valence electrons. The van der Waals surface area contributed by atoms with Crippen molar-refractivity contribution in [3.63, 3.8) is 0 Å². The molecule has 0 radical (unpaired) electrons. The average Bonchev–Trinajstić information content (AvgIpc) is 2.16. The largest absolute Gasteiger partial charge is 0.444 e. The van der Waals surface area contributed by atoms with E-state index in [-0.39, 0.29) is 12.1 Å². The molecule has 0 spiro atoms. The third-order valence-corrected chi connectivity index (χ3v) is 2.46. The van der Waals surface area contributed by atoms with Crippen molar-refractivity contribution in [2.45, 2.75) is 72.1 Å². The lowest BCUT2D eigenvalue weighted by molar-refractivity contribution is 0.0507. The maximum absolute atomic E-state index is 11.5. The average molecular weight is 244 g/mol. The van der Waals surface area contributed by atoms with E-state index in [1.165, 1.54) is 0 Å². The maximum Gasteiger partial charge on any atom is 0.407 e. The first kappa shape index (κ1) is 16.2. The Bertz CT molecular complexity index is 220. The maximum atomic E-state index is 11.5. The van der Waals surface area contributed by atoms with Crippen LogP contribution in [0, 0.1) is 0 Å². The number of amides is 1. The summed E-state index contributed by atoms with van der Waals surface area (Å²) in [7, 11) is 0. The first-order valence-electron chi connectivity index (χ1n) is 6.51. The number of hydrogen-bond donors (Lipinski definition) is 2. The van der Waals surface area contributed by atoms with Crippen LogP contribution in [0.3, 0.4) is 0 Å². The van der Waals surface area contributed by atoms with Gasteiger partial charge in [0.2, 0.25) is 0 Å². The molecule has 0 aromatic carbocycles. The lowest BCUT2D eigenvalue weighted by Crippen LogP contribution is -2.44. The van der Waals surface area contributed by atoms with E-state index >= 15 is 0 Å². The van der Waals surface area contributed by atoms with Gasteiger partial charge < -0.3 is 15.4 Å². The number of carbonyl (C=O) groups excluding carboxylic acids is 1. The van der Waals surface area contributed by atoms with Gasteiger partial charge in [-0.25, -0.2) is 4.79 Å². The molecule has 4 heteroatoms. The first-order valence-corrected chi connectivity index (χ1v) is 6.51. The molecule has 0 aromatic heterocycles. The Morgan fingerprint density at radius 3 is 2.18 bits per heavy atom. The lowest BCUT2D eigenvalue weighted by atomic mass is 10.1. The predicted molar refractivity (Wildman–Crippen MR) is 71.2 cm³/mol. The van der Waals surface area contributed by atoms with Crippen LogP contribution in [-0.2, 0) is 4.74 Å². The molecule has 0 aromatic rings. The summed E-state index contributed by atoms with van der Waals surface area (Å²) in [5.74, 6) is 0. The SMILES string of the molecule is CCC(CC)NCC(C)NC(=O)OC(C)(C)C. The summed E-state index contributed by atoms with van der Waals surface area (Å²) >= 11 is 0. The highest BCUT2D eigenvalue weighted by Gasteiger charge is 2.17. The standard InChI is InChI=1S/C13H28N2O2/c1-7-11(8-2)14-9-10(3)15-12(16)17-13(4,5)6/h10-11,14H,7-9H2,1-6H3,(H,15,16). The van der Waals surface area contributed by atoms with E-state index in [0.29, 0.717) is 6.04 Å². The summed E-state index contributed by atoms with van der Waals surface area (Å²) in [5, 5.41) is 6.23. The number of alkyl carbamates (subject to hydrolysis) is 1. The minimum Gasteiger partial charge on any atom is -0.444 e. The number of nitrogens with one attached hydrogen (secondary N) is 2. The van der Waals surface area contributed by atoms with Crippen molar-refractivity contribution in [2.24, 2.45) is 0 Å². The van der Waals surface area contributed by atoms with E-state index < -0.39 is 5.60 Å². The van der Waals surface area contributed by atoms with Gasteiger partial charge in [0, 0.05) is 18.6 Å². The van der Waals surface area contributed by atoms with Crippen molar-refractivity contribution in [2.75, 3.05) is 6.54 Å². The highest BCUT2D eigenvalue weighted by atomic mass is 16.6. The summed E-state index contributed by atoms with van der Waals surface area (Å²) in [4.78, 5) is 11.5. The molecule has 0 bridgehead atoms. The van der Waals surface area contributed by atoms with Crippen LogP contribution in [0.1, 0.15) is 54.4 Å². The Morgan fingerprint density at radius 1 is 1.24 bits per heavy atom. The molecular formula is C13H28N2O2. The van der Waals surface area contributed by atoms with E-state index in [4.69, 9.17) is 4.74 Å². The van der Waals surface area contributed by atoms with E-state index in [9.17, 15) is 4.79 Å². The van der Waals surface area contributed by atoms with E-state index in [1.807, 2.05) is 27.7 Å². The minimum absolute atomic E-state index is 0.0745. The molecule has 1 amide bonds. The molecule has 4 nitrogen and oxygen atoms in total. The van der Waals surface area contributed by atoms with Crippen LogP contribution in [0.5, 0.6) is 0 Å². The van der Waals surface area contributed by atoms with Gasteiger partial charge in [0.05, 0.1) is 0 Å². The van der Waals surface area contributed by atoms with Crippen LogP contribution in [0.25, 0.3) is 0 Å². The molecule has 0 heterocycles. The van der Waals surface area contributed by atoms with E-state index in [1.54, 1.807) is 0 Å². The number of carbonyl (C=O) groups is 1. The van der Waals surface area contributed by atoms with E-state index in [0.717, 1.165) is 19.4 Å². The van der Waals surface area contributed by atoms with Crippen LogP contribution >= 0.6 is 0 Å². The zero-order valence-electron chi connectivity index (χ0n) is 12.1. The molecule has 1 atom stereocenters. The second-order valence-electron chi connectivity index (χ2n) is 5.47. The van der Waals surface area contributed by atoms with Crippen molar-refractivity contribution in [1.82, 2.24) is 10.6 Å². The van der Waals surface area contributed by atoms with Gasteiger partial charge in [-0.3, -0.25) is 0 Å². The second kappa shape index (κ2) is 7.54. The Balaban J connectivity index is 3.86. The Morgan fingerprint density at radius 2 is 1.76 bits per heavy atom. The Labute approximate surface area is 105 Å². The van der Waals surface area contributed by atoms with Gasteiger partial charge in [-0.05, 0) is 40.5 Å². The summed E-state index contributed by atoms with van der Waals surface area (Å²) in [6.07, 6.45) is 1.86. The highest BCUT2D eigenvalue weighted by molar-refractivity contribution is 5.68. The van der Waals surface area contributed by atoms with E-state index in [2.05, 4.69) is 24.5 Å². The first-order chi connectivity index (χ1) is 7.78. The third kappa shape index (κ3) is 8.98. The van der Waals surface area contributed by atoms with Crippen molar-refractivity contribution < 1.29 is 9.53 Å². The molecule has 2 N–H and O–H groups in total. The molecule has 0 saturated carbocycles. The fourth-order valence-corrected chi connectivity index (χ4v) is 1.48. The fraction of sp³-hybridized carbons (Fsp3) is 0.923. The van der Waals surface area contributed by atoms with Crippen molar-refractivity contribution in [3.05, 3.63) is 0 Å².